The Balaban J connectivity index is 0. The molecule has 1 amide bonds. The second-order valence-electron chi connectivity index (χ2n) is 3.67. The molecule has 1 heterocycles. The topological polar surface area (TPSA) is 54.0 Å². The molecule has 1 aromatic heterocycles. The van der Waals surface area contributed by atoms with Crippen molar-refractivity contribution >= 4 is 30.7 Å². The molecule has 0 aliphatic rings. The molecule has 0 spiro atoms. The lowest BCUT2D eigenvalue weighted by Gasteiger charge is -2.04. The fourth-order valence-corrected chi connectivity index (χ4v) is 1.41. The molecule has 0 saturated heterocycles. The molecule has 0 aromatic carbocycles. The third-order valence-electron chi connectivity index (χ3n) is 2.29. The summed E-state index contributed by atoms with van der Waals surface area (Å²) in [6.45, 7) is 1.57. The van der Waals surface area contributed by atoms with E-state index >= 15 is 0 Å². The molecule has 0 radical (unpaired) electrons. The highest BCUT2D eigenvalue weighted by molar-refractivity contribution is 5.85. The monoisotopic (exact) mass is 293 g/mol. The molecule has 0 atom stereocenters. The molecule has 4 nitrogen and oxygen atoms in total. The summed E-state index contributed by atoms with van der Waals surface area (Å²) in [7, 11) is 1.89. The molecule has 18 heavy (non-hydrogen) atoms. The van der Waals surface area contributed by atoms with Crippen LogP contribution in [0.1, 0.15) is 18.4 Å². The smallest absolute Gasteiger partial charge is 0.220 e. The van der Waals surface area contributed by atoms with Gasteiger partial charge < -0.3 is 10.6 Å². The molecule has 0 unspecified atom stereocenters. The molecule has 1 rings (SSSR count). The number of carbonyl (C=O) groups excluding carboxylic acids is 1. The van der Waals surface area contributed by atoms with E-state index in [1.54, 1.807) is 6.20 Å². The van der Waals surface area contributed by atoms with Gasteiger partial charge in [0.25, 0.3) is 0 Å². The van der Waals surface area contributed by atoms with Gasteiger partial charge >= 0.3 is 0 Å². The van der Waals surface area contributed by atoms with Crippen molar-refractivity contribution in [3.8, 4) is 0 Å². The average molecular weight is 294 g/mol. The van der Waals surface area contributed by atoms with E-state index in [2.05, 4.69) is 15.6 Å². The standard InChI is InChI=1S/C12H19N3O.2ClH/c1-13-7-3-5-12(16)15-9-6-11-4-2-8-14-10-11;;/h2,4,8,10,13H,3,5-7,9H2,1H3,(H,15,16);2*1H. The number of rotatable bonds is 7. The molecule has 0 saturated carbocycles. The SMILES string of the molecule is CNCCCC(=O)NCCc1cccnc1.Cl.Cl. The molecule has 0 aliphatic carbocycles. The van der Waals surface area contributed by atoms with Gasteiger partial charge in [0, 0.05) is 25.4 Å². The molecular weight excluding hydrogens is 273 g/mol. The van der Waals surface area contributed by atoms with Crippen molar-refractivity contribution in [1.82, 2.24) is 15.6 Å². The van der Waals surface area contributed by atoms with Crippen LogP contribution >= 0.6 is 24.8 Å². The van der Waals surface area contributed by atoms with Crippen molar-refractivity contribution < 1.29 is 4.79 Å². The van der Waals surface area contributed by atoms with E-state index in [0.29, 0.717) is 13.0 Å². The summed E-state index contributed by atoms with van der Waals surface area (Å²) in [5.41, 5.74) is 1.15. The number of hydrogen-bond acceptors (Lipinski definition) is 3. The van der Waals surface area contributed by atoms with Crippen LogP contribution in [0.3, 0.4) is 0 Å². The fraction of sp³-hybridized carbons (Fsp3) is 0.500. The van der Waals surface area contributed by atoms with Gasteiger partial charge in [0.05, 0.1) is 0 Å². The van der Waals surface area contributed by atoms with Gasteiger partial charge in [-0.1, -0.05) is 6.07 Å². The summed E-state index contributed by atoms with van der Waals surface area (Å²) >= 11 is 0. The molecule has 0 fully saturated rings. The van der Waals surface area contributed by atoms with Crippen molar-refractivity contribution in [2.24, 2.45) is 0 Å². The van der Waals surface area contributed by atoms with Crippen LogP contribution in [0.5, 0.6) is 0 Å². The summed E-state index contributed by atoms with van der Waals surface area (Å²) in [4.78, 5) is 15.4. The first-order chi connectivity index (χ1) is 7.83. The maximum absolute atomic E-state index is 11.4. The molecule has 2 N–H and O–H groups in total. The minimum atomic E-state index is 0. The minimum Gasteiger partial charge on any atom is -0.356 e. The third-order valence-corrected chi connectivity index (χ3v) is 2.29. The lowest BCUT2D eigenvalue weighted by atomic mass is 10.2. The summed E-state index contributed by atoms with van der Waals surface area (Å²) in [5.74, 6) is 0.124. The van der Waals surface area contributed by atoms with Crippen LogP contribution in [0.25, 0.3) is 0 Å². The Hall–Kier alpha value is -0.840. The molecule has 0 bridgehead atoms. The zero-order chi connectivity index (χ0) is 11.6. The van der Waals surface area contributed by atoms with E-state index in [1.165, 1.54) is 0 Å². The van der Waals surface area contributed by atoms with Gasteiger partial charge in [-0.2, -0.15) is 0 Å². The molecular formula is C12H21Cl2N3O. The normalized spacial score (nSPS) is 8.94. The van der Waals surface area contributed by atoms with Gasteiger partial charge in [0.2, 0.25) is 5.91 Å². The maximum Gasteiger partial charge on any atom is 0.220 e. The number of amides is 1. The van der Waals surface area contributed by atoms with Crippen molar-refractivity contribution in [3.63, 3.8) is 0 Å². The number of nitrogens with one attached hydrogen (secondary N) is 2. The van der Waals surface area contributed by atoms with Crippen LogP contribution in [0.4, 0.5) is 0 Å². The lowest BCUT2D eigenvalue weighted by molar-refractivity contribution is -0.121. The zero-order valence-electron chi connectivity index (χ0n) is 10.5. The van der Waals surface area contributed by atoms with Crippen LogP contribution in [0.2, 0.25) is 0 Å². The van der Waals surface area contributed by atoms with E-state index in [4.69, 9.17) is 0 Å². The summed E-state index contributed by atoms with van der Waals surface area (Å²) in [6.07, 6.45) is 5.89. The van der Waals surface area contributed by atoms with E-state index < -0.39 is 0 Å². The molecule has 0 aliphatic heterocycles. The number of halogens is 2. The van der Waals surface area contributed by atoms with Crippen LogP contribution in [0, 0.1) is 0 Å². The first kappa shape index (κ1) is 19.5. The zero-order valence-corrected chi connectivity index (χ0v) is 12.1. The van der Waals surface area contributed by atoms with Gasteiger partial charge in [-0.05, 0) is 38.1 Å². The Morgan fingerprint density at radius 2 is 2.11 bits per heavy atom. The van der Waals surface area contributed by atoms with E-state index in [1.807, 2.05) is 25.4 Å². The summed E-state index contributed by atoms with van der Waals surface area (Å²) in [6, 6.07) is 3.92. The van der Waals surface area contributed by atoms with Crippen LogP contribution in [-0.2, 0) is 11.2 Å². The number of nitrogens with zero attached hydrogens (tertiary/aromatic N) is 1. The van der Waals surface area contributed by atoms with E-state index in [9.17, 15) is 4.79 Å². The third kappa shape index (κ3) is 9.22. The van der Waals surface area contributed by atoms with Crippen molar-refractivity contribution in [2.45, 2.75) is 19.3 Å². The van der Waals surface area contributed by atoms with Crippen LogP contribution in [-0.4, -0.2) is 31.0 Å². The Labute approximate surface area is 121 Å². The largest absolute Gasteiger partial charge is 0.356 e. The van der Waals surface area contributed by atoms with Crippen molar-refractivity contribution in [3.05, 3.63) is 30.1 Å². The number of hydrogen-bond donors (Lipinski definition) is 2. The second-order valence-corrected chi connectivity index (χ2v) is 3.67. The number of pyridine rings is 1. The van der Waals surface area contributed by atoms with Crippen LogP contribution < -0.4 is 10.6 Å². The first-order valence-electron chi connectivity index (χ1n) is 5.63. The van der Waals surface area contributed by atoms with E-state index in [0.717, 1.165) is 24.9 Å². The lowest BCUT2D eigenvalue weighted by Crippen LogP contribution is -2.26. The minimum absolute atomic E-state index is 0. The van der Waals surface area contributed by atoms with Crippen molar-refractivity contribution in [2.75, 3.05) is 20.1 Å². The van der Waals surface area contributed by atoms with Gasteiger partial charge in [-0.15, -0.1) is 24.8 Å². The molecule has 6 heteroatoms. The first-order valence-corrected chi connectivity index (χ1v) is 5.63. The van der Waals surface area contributed by atoms with Crippen molar-refractivity contribution in [1.29, 1.82) is 0 Å². The highest BCUT2D eigenvalue weighted by Gasteiger charge is 1.99. The number of carbonyl (C=O) groups is 1. The Morgan fingerprint density at radius 1 is 1.33 bits per heavy atom. The highest BCUT2D eigenvalue weighted by atomic mass is 35.5. The summed E-state index contributed by atoms with van der Waals surface area (Å²) in [5, 5.41) is 5.91. The number of aromatic nitrogens is 1. The second kappa shape index (κ2) is 12.6. The predicted octanol–water partition coefficient (Wildman–Crippen LogP) is 1.58. The Bertz CT molecular complexity index is 309. The Morgan fingerprint density at radius 3 is 2.72 bits per heavy atom. The fourth-order valence-electron chi connectivity index (χ4n) is 1.41. The summed E-state index contributed by atoms with van der Waals surface area (Å²) < 4.78 is 0. The van der Waals surface area contributed by atoms with Gasteiger partial charge in [0.1, 0.15) is 0 Å². The highest BCUT2D eigenvalue weighted by Crippen LogP contribution is 1.95. The molecule has 104 valence electrons. The van der Waals surface area contributed by atoms with Gasteiger partial charge in [-0.3, -0.25) is 9.78 Å². The molecule has 1 aromatic rings. The Kier molecular flexibility index (Phi) is 13.7. The average Bonchev–Trinajstić information content (AvgIpc) is 2.31. The van der Waals surface area contributed by atoms with E-state index in [-0.39, 0.29) is 30.7 Å². The van der Waals surface area contributed by atoms with Gasteiger partial charge in [0.15, 0.2) is 0 Å². The van der Waals surface area contributed by atoms with Gasteiger partial charge in [-0.25, -0.2) is 0 Å². The van der Waals surface area contributed by atoms with Crippen LogP contribution in [0.15, 0.2) is 24.5 Å². The maximum atomic E-state index is 11.4. The predicted molar refractivity (Wildman–Crippen MR) is 78.6 cm³/mol. The quantitative estimate of drug-likeness (QED) is 0.751.